The van der Waals surface area contributed by atoms with Crippen molar-refractivity contribution in [2.75, 3.05) is 25.0 Å². The third-order valence-electron chi connectivity index (χ3n) is 4.45. The molecule has 9 nitrogen and oxygen atoms in total. The minimum atomic E-state index is -0.290. The quantitative estimate of drug-likeness (QED) is 0.783. The predicted octanol–water partition coefficient (Wildman–Crippen LogP) is 2.34. The van der Waals surface area contributed by atoms with E-state index in [2.05, 4.69) is 20.6 Å². The molecule has 150 valence electrons. The SMILES string of the molecule is CCOC(=O)N1CCC(Nc2cc(C(=O)NCc3ccco3)nc(C)n2)CC1. The third kappa shape index (κ3) is 5.21. The Bertz CT molecular complexity index is 801. The highest BCUT2D eigenvalue weighted by Gasteiger charge is 2.24. The average molecular weight is 387 g/mol. The van der Waals surface area contributed by atoms with Crippen molar-refractivity contribution in [3.05, 3.63) is 41.7 Å². The van der Waals surface area contributed by atoms with Crippen LogP contribution in [-0.2, 0) is 11.3 Å². The number of furan rings is 1. The Morgan fingerprint density at radius 1 is 1.32 bits per heavy atom. The fourth-order valence-corrected chi connectivity index (χ4v) is 3.06. The first-order valence-corrected chi connectivity index (χ1v) is 9.39. The van der Waals surface area contributed by atoms with E-state index in [-0.39, 0.29) is 18.0 Å². The van der Waals surface area contributed by atoms with Gasteiger partial charge in [-0.3, -0.25) is 4.79 Å². The summed E-state index contributed by atoms with van der Waals surface area (Å²) in [6, 6.07) is 5.37. The zero-order valence-corrected chi connectivity index (χ0v) is 16.1. The predicted molar refractivity (Wildman–Crippen MR) is 102 cm³/mol. The first-order valence-electron chi connectivity index (χ1n) is 9.39. The molecule has 0 unspecified atom stereocenters. The van der Waals surface area contributed by atoms with Gasteiger partial charge in [0.2, 0.25) is 0 Å². The number of likely N-dealkylation sites (tertiary alicyclic amines) is 1. The molecule has 9 heteroatoms. The smallest absolute Gasteiger partial charge is 0.409 e. The van der Waals surface area contributed by atoms with E-state index in [4.69, 9.17) is 9.15 Å². The zero-order chi connectivity index (χ0) is 19.9. The molecule has 2 aromatic rings. The number of hydrogen-bond donors (Lipinski definition) is 2. The van der Waals surface area contributed by atoms with Crippen molar-refractivity contribution >= 4 is 17.8 Å². The van der Waals surface area contributed by atoms with Gasteiger partial charge >= 0.3 is 6.09 Å². The van der Waals surface area contributed by atoms with Crippen LogP contribution in [0.15, 0.2) is 28.9 Å². The van der Waals surface area contributed by atoms with Gasteiger partial charge in [-0.25, -0.2) is 14.8 Å². The summed E-state index contributed by atoms with van der Waals surface area (Å²) in [4.78, 5) is 34.5. The van der Waals surface area contributed by atoms with E-state index in [9.17, 15) is 9.59 Å². The second-order valence-corrected chi connectivity index (χ2v) is 6.55. The lowest BCUT2D eigenvalue weighted by atomic mass is 10.1. The van der Waals surface area contributed by atoms with Gasteiger partial charge in [0.1, 0.15) is 23.1 Å². The summed E-state index contributed by atoms with van der Waals surface area (Å²) < 4.78 is 10.2. The van der Waals surface area contributed by atoms with Crippen LogP contribution in [0.3, 0.4) is 0 Å². The number of hydrogen-bond acceptors (Lipinski definition) is 7. The number of carbonyl (C=O) groups is 2. The van der Waals surface area contributed by atoms with Gasteiger partial charge in [0.25, 0.3) is 5.91 Å². The summed E-state index contributed by atoms with van der Waals surface area (Å²) in [5, 5.41) is 6.13. The van der Waals surface area contributed by atoms with E-state index >= 15 is 0 Å². The fraction of sp³-hybridized carbons (Fsp3) is 0.474. The first kappa shape index (κ1) is 19.7. The summed E-state index contributed by atoms with van der Waals surface area (Å²) in [6.45, 7) is 5.46. The molecular weight excluding hydrogens is 362 g/mol. The molecule has 3 rings (SSSR count). The molecule has 0 bridgehead atoms. The van der Waals surface area contributed by atoms with Crippen LogP contribution in [0.5, 0.6) is 0 Å². The monoisotopic (exact) mass is 387 g/mol. The third-order valence-corrected chi connectivity index (χ3v) is 4.45. The summed E-state index contributed by atoms with van der Waals surface area (Å²) >= 11 is 0. The minimum Gasteiger partial charge on any atom is -0.467 e. The minimum absolute atomic E-state index is 0.166. The molecule has 0 spiro atoms. The average Bonchev–Trinajstić information content (AvgIpc) is 3.20. The number of ether oxygens (including phenoxy) is 1. The van der Waals surface area contributed by atoms with E-state index in [1.165, 1.54) is 0 Å². The molecule has 2 amide bonds. The lowest BCUT2D eigenvalue weighted by Crippen LogP contribution is -2.42. The van der Waals surface area contributed by atoms with Crippen molar-refractivity contribution in [2.24, 2.45) is 0 Å². The number of carbonyl (C=O) groups excluding carboxylic acids is 2. The molecule has 1 fully saturated rings. The number of aromatic nitrogens is 2. The highest BCUT2D eigenvalue weighted by molar-refractivity contribution is 5.92. The van der Waals surface area contributed by atoms with E-state index in [0.29, 0.717) is 49.3 Å². The highest BCUT2D eigenvalue weighted by atomic mass is 16.6. The molecule has 2 aromatic heterocycles. The van der Waals surface area contributed by atoms with E-state index < -0.39 is 0 Å². The number of anilines is 1. The molecule has 0 radical (unpaired) electrons. The van der Waals surface area contributed by atoms with E-state index in [1.807, 2.05) is 0 Å². The van der Waals surface area contributed by atoms with Crippen LogP contribution in [0, 0.1) is 6.92 Å². The number of nitrogens with one attached hydrogen (secondary N) is 2. The van der Waals surface area contributed by atoms with Crippen LogP contribution in [0.4, 0.5) is 10.6 Å². The van der Waals surface area contributed by atoms with Crippen LogP contribution in [-0.4, -0.2) is 52.6 Å². The van der Waals surface area contributed by atoms with Crippen LogP contribution in [0.25, 0.3) is 0 Å². The molecule has 1 aliphatic heterocycles. The van der Waals surface area contributed by atoms with Crippen molar-refractivity contribution in [1.29, 1.82) is 0 Å². The normalized spacial score (nSPS) is 14.6. The summed E-state index contributed by atoms with van der Waals surface area (Å²) in [5.41, 5.74) is 0.297. The number of nitrogens with zero attached hydrogens (tertiary/aromatic N) is 3. The topological polar surface area (TPSA) is 110 Å². The molecule has 0 atom stereocenters. The zero-order valence-electron chi connectivity index (χ0n) is 16.1. The maximum atomic E-state index is 12.4. The summed E-state index contributed by atoms with van der Waals surface area (Å²) in [5.74, 6) is 1.50. The Hall–Kier alpha value is -3.10. The standard InChI is InChI=1S/C19H25N5O4/c1-3-27-19(26)24-8-6-14(7-9-24)23-17-11-16(21-13(2)22-17)18(25)20-12-15-5-4-10-28-15/h4-5,10-11,14H,3,6-9,12H2,1-2H3,(H,20,25)(H,21,22,23). The van der Waals surface area contributed by atoms with Gasteiger partial charge in [-0.15, -0.1) is 0 Å². The van der Waals surface area contributed by atoms with Crippen molar-refractivity contribution in [3.63, 3.8) is 0 Å². The maximum Gasteiger partial charge on any atom is 0.409 e. The maximum absolute atomic E-state index is 12.4. The molecule has 0 aliphatic carbocycles. The molecule has 0 aromatic carbocycles. The summed E-state index contributed by atoms with van der Waals surface area (Å²) in [7, 11) is 0. The molecule has 1 aliphatic rings. The Balaban J connectivity index is 1.56. The Labute approximate surface area is 163 Å². The molecule has 1 saturated heterocycles. The Morgan fingerprint density at radius 3 is 2.79 bits per heavy atom. The molecule has 2 N–H and O–H groups in total. The lowest BCUT2D eigenvalue weighted by molar-refractivity contribution is 0.0940. The van der Waals surface area contributed by atoms with Crippen molar-refractivity contribution in [2.45, 2.75) is 39.3 Å². The molecule has 0 saturated carbocycles. The first-order chi connectivity index (χ1) is 13.5. The number of aryl methyl sites for hydroxylation is 1. The van der Waals surface area contributed by atoms with Gasteiger partial charge in [0.15, 0.2) is 0 Å². The van der Waals surface area contributed by atoms with Crippen molar-refractivity contribution < 1.29 is 18.7 Å². The van der Waals surface area contributed by atoms with Crippen LogP contribution in [0.2, 0.25) is 0 Å². The van der Waals surface area contributed by atoms with E-state index in [1.54, 1.807) is 43.2 Å². The van der Waals surface area contributed by atoms with Gasteiger partial charge in [-0.1, -0.05) is 0 Å². The number of piperidine rings is 1. The second kappa shape index (κ2) is 9.20. The van der Waals surface area contributed by atoms with Crippen molar-refractivity contribution in [3.8, 4) is 0 Å². The fourth-order valence-electron chi connectivity index (χ4n) is 3.06. The van der Waals surface area contributed by atoms with Crippen LogP contribution >= 0.6 is 0 Å². The van der Waals surface area contributed by atoms with Gasteiger partial charge < -0.3 is 24.7 Å². The molecular formula is C19H25N5O4. The number of rotatable bonds is 6. The Morgan fingerprint density at radius 2 is 2.11 bits per heavy atom. The summed E-state index contributed by atoms with van der Waals surface area (Å²) in [6.07, 6.45) is 2.85. The van der Waals surface area contributed by atoms with Crippen molar-refractivity contribution in [1.82, 2.24) is 20.2 Å². The highest BCUT2D eigenvalue weighted by Crippen LogP contribution is 2.17. The van der Waals surface area contributed by atoms with Crippen LogP contribution < -0.4 is 10.6 Å². The van der Waals surface area contributed by atoms with Crippen LogP contribution in [0.1, 0.15) is 41.8 Å². The lowest BCUT2D eigenvalue weighted by Gasteiger charge is -2.31. The van der Waals surface area contributed by atoms with Gasteiger partial charge in [-0.2, -0.15) is 0 Å². The second-order valence-electron chi connectivity index (χ2n) is 6.55. The van der Waals surface area contributed by atoms with E-state index in [0.717, 1.165) is 12.8 Å². The van der Waals surface area contributed by atoms with Gasteiger partial charge in [0, 0.05) is 25.2 Å². The largest absolute Gasteiger partial charge is 0.467 e. The van der Waals surface area contributed by atoms with Gasteiger partial charge in [0.05, 0.1) is 19.4 Å². The molecule has 3 heterocycles. The Kier molecular flexibility index (Phi) is 6.46. The molecule has 28 heavy (non-hydrogen) atoms. The van der Waals surface area contributed by atoms with Gasteiger partial charge in [-0.05, 0) is 38.8 Å². The number of amides is 2.